The molecule has 2 N–H and O–H groups in total. The highest BCUT2D eigenvalue weighted by Crippen LogP contribution is 2.10. The van der Waals surface area contributed by atoms with Crippen LogP contribution < -0.4 is 5.32 Å². The number of ketones is 1. The van der Waals surface area contributed by atoms with E-state index in [-0.39, 0.29) is 27.9 Å². The molecule has 7 heteroatoms. The van der Waals surface area contributed by atoms with E-state index in [2.05, 4.69) is 20.3 Å². The number of likely N-dealkylation sites (N-methyl/N-ethyl adjacent to an activating group) is 2. The number of rotatable bonds is 8. The van der Waals surface area contributed by atoms with E-state index >= 15 is 0 Å². The van der Waals surface area contributed by atoms with Crippen molar-refractivity contribution in [1.29, 1.82) is 0 Å². The average Bonchev–Trinajstić information content (AvgIpc) is 3.27. The fraction of sp³-hybridized carbons (Fsp3) is 0.579. The molecule has 1 atom stereocenters. The Morgan fingerprint density at radius 1 is 1.46 bits per heavy atom. The summed E-state index contributed by atoms with van der Waals surface area (Å²) in [6.45, 7) is 5.10. The number of Topliss-reactive ketones (excluding diaryl/α,β-unsaturated/α-hetero) is 1. The number of nitrogens with zero attached hydrogens (tertiary/aromatic N) is 3. The monoisotopic (exact) mass is 369 g/mol. The zero-order valence-electron chi connectivity index (χ0n) is 15.6. The lowest BCUT2D eigenvalue weighted by Gasteiger charge is -2.16. The molecular weight excluding hydrogens is 330 g/mol. The molecule has 0 fully saturated rings. The molecule has 0 saturated carbocycles. The Kier molecular flexibility index (Phi) is 11.9. The van der Waals surface area contributed by atoms with Crippen LogP contribution in [0.4, 0.5) is 0 Å². The van der Waals surface area contributed by atoms with Crippen molar-refractivity contribution in [3.8, 4) is 0 Å². The average molecular weight is 370 g/mol. The Morgan fingerprint density at radius 2 is 2.19 bits per heavy atom. The zero-order chi connectivity index (χ0) is 18.7. The summed E-state index contributed by atoms with van der Waals surface area (Å²) in [6, 6.07) is 0. The maximum absolute atomic E-state index is 11.6. The van der Waals surface area contributed by atoms with Crippen LogP contribution in [0.3, 0.4) is 0 Å². The minimum Gasteiger partial charge on any atom is -0.348 e. The first-order chi connectivity index (χ1) is 11.9. The molecule has 0 saturated heterocycles. The van der Waals surface area contributed by atoms with Crippen LogP contribution in [0.15, 0.2) is 29.3 Å². The van der Waals surface area contributed by atoms with Crippen LogP contribution in [-0.4, -0.2) is 60.0 Å². The molecule has 2 rings (SSSR count). The topological polar surface area (TPSA) is 90.5 Å². The lowest BCUT2D eigenvalue weighted by Crippen LogP contribution is -2.32. The first-order valence-electron chi connectivity index (χ1n) is 8.51. The van der Waals surface area contributed by atoms with E-state index in [1.54, 1.807) is 24.3 Å². The van der Waals surface area contributed by atoms with Gasteiger partial charge in [0.1, 0.15) is 5.78 Å². The van der Waals surface area contributed by atoms with Crippen molar-refractivity contribution in [2.24, 2.45) is 10.9 Å². The fourth-order valence-electron chi connectivity index (χ4n) is 2.09. The number of carbonyl (C=O) groups is 2. The molecule has 1 amide bonds. The van der Waals surface area contributed by atoms with E-state index < -0.39 is 0 Å². The summed E-state index contributed by atoms with van der Waals surface area (Å²) in [4.78, 5) is 35.1. The molecule has 0 aromatic carbocycles. The number of amides is 1. The Labute approximate surface area is 160 Å². The van der Waals surface area contributed by atoms with Crippen molar-refractivity contribution in [2.75, 3.05) is 27.2 Å². The number of carbonyl (C=O) groups excluding carboxylic acids is 2. The van der Waals surface area contributed by atoms with E-state index in [9.17, 15) is 9.59 Å². The van der Waals surface area contributed by atoms with Crippen molar-refractivity contribution in [3.63, 3.8) is 0 Å². The molecule has 1 aliphatic heterocycles. The third-order valence-corrected chi connectivity index (χ3v) is 3.95. The van der Waals surface area contributed by atoms with Crippen LogP contribution in [0.5, 0.6) is 0 Å². The summed E-state index contributed by atoms with van der Waals surface area (Å²) in [5.41, 5.74) is 1.92. The molecule has 0 aliphatic carbocycles. The standard InChI is InChI=1S/C10H17N3O.C8H12N2O.CH4.2H2/c1-11-6-7-13(2)10(14)8-9-4-3-5-12-9;1-6(7(2)11)3-8-4-9-5-10-8;;;/h4-5,11H,3,6-8H2,1-2H3;4-6H,3H2,1-2H3,(H,9,10);1H4;2*1H/i;;;2*1+1. The summed E-state index contributed by atoms with van der Waals surface area (Å²) < 4.78 is 0. The van der Waals surface area contributed by atoms with Gasteiger partial charge in [0.15, 0.2) is 0 Å². The Hall–Kier alpha value is -2.28. The van der Waals surface area contributed by atoms with Gasteiger partial charge in [0.25, 0.3) is 0 Å². The highest BCUT2D eigenvalue weighted by Gasteiger charge is 2.11. The second-order valence-corrected chi connectivity index (χ2v) is 6.13. The van der Waals surface area contributed by atoms with Gasteiger partial charge >= 0.3 is 0 Å². The fourth-order valence-corrected chi connectivity index (χ4v) is 2.09. The number of aliphatic imine (C=N–C) groups is 1. The molecule has 0 spiro atoms. The largest absolute Gasteiger partial charge is 0.348 e. The van der Waals surface area contributed by atoms with Crippen molar-refractivity contribution in [2.45, 2.75) is 40.5 Å². The molecule has 0 radical (unpaired) electrons. The van der Waals surface area contributed by atoms with Gasteiger partial charge in [-0.3, -0.25) is 14.6 Å². The van der Waals surface area contributed by atoms with Crippen LogP contribution in [0.25, 0.3) is 0 Å². The van der Waals surface area contributed by atoms with E-state index in [0.717, 1.165) is 37.3 Å². The van der Waals surface area contributed by atoms with Crippen molar-refractivity contribution < 1.29 is 12.4 Å². The van der Waals surface area contributed by atoms with E-state index in [1.807, 2.05) is 33.3 Å². The number of aromatic amines is 1. The quantitative estimate of drug-likeness (QED) is 0.737. The predicted molar refractivity (Wildman–Crippen MR) is 110 cm³/mol. The van der Waals surface area contributed by atoms with Gasteiger partial charge in [-0.1, -0.05) is 20.4 Å². The normalized spacial score (nSPS) is 13.2. The Bertz CT molecular complexity index is 603. The van der Waals surface area contributed by atoms with Crippen molar-refractivity contribution in [3.05, 3.63) is 30.0 Å². The molecule has 150 valence electrons. The number of H-pyrrole nitrogens is 1. The molecule has 26 heavy (non-hydrogen) atoms. The lowest BCUT2D eigenvalue weighted by molar-refractivity contribution is -0.129. The van der Waals surface area contributed by atoms with E-state index in [4.69, 9.17) is 0 Å². The first-order valence-corrected chi connectivity index (χ1v) is 8.51. The predicted octanol–water partition coefficient (Wildman–Crippen LogP) is 2.72. The van der Waals surface area contributed by atoms with E-state index in [0.29, 0.717) is 6.42 Å². The number of aromatic nitrogens is 2. The van der Waals surface area contributed by atoms with Gasteiger partial charge in [0, 0.05) is 59.1 Å². The molecule has 1 aromatic rings. The zero-order valence-corrected chi connectivity index (χ0v) is 15.6. The van der Waals surface area contributed by atoms with Gasteiger partial charge in [-0.25, -0.2) is 4.98 Å². The minimum absolute atomic E-state index is 0. The number of imidazole rings is 1. The van der Waals surface area contributed by atoms with Gasteiger partial charge in [0.2, 0.25) is 5.91 Å². The summed E-state index contributed by atoms with van der Waals surface area (Å²) in [7, 11) is 3.70. The smallest absolute Gasteiger partial charge is 0.228 e. The first kappa shape index (κ1) is 23.7. The van der Waals surface area contributed by atoms with Gasteiger partial charge in [-0.2, -0.15) is 0 Å². The third-order valence-electron chi connectivity index (χ3n) is 3.95. The third kappa shape index (κ3) is 9.27. The van der Waals surface area contributed by atoms with Crippen molar-refractivity contribution >= 4 is 17.9 Å². The van der Waals surface area contributed by atoms with Gasteiger partial charge in [0.05, 0.1) is 12.7 Å². The number of allylic oxidation sites excluding steroid dienone is 1. The highest BCUT2D eigenvalue weighted by atomic mass is 16.2. The van der Waals surface area contributed by atoms with Crippen molar-refractivity contribution in [1.82, 2.24) is 20.2 Å². The van der Waals surface area contributed by atoms with Crippen LogP contribution in [-0.2, 0) is 16.0 Å². The minimum atomic E-state index is 0. The molecule has 7 nitrogen and oxygen atoms in total. The SMILES string of the molecule is C.CC(=O)C(C)Cc1cnc[nH]1.CNCCN(C)C(=O)CC1=CCC=N1.[2HH].[2HH]. The molecule has 1 aromatic heterocycles. The summed E-state index contributed by atoms with van der Waals surface area (Å²) in [5.74, 6) is 0.445. The maximum Gasteiger partial charge on any atom is 0.228 e. The Morgan fingerprint density at radius 3 is 2.69 bits per heavy atom. The lowest BCUT2D eigenvalue weighted by atomic mass is 10.0. The van der Waals surface area contributed by atoms with Crippen LogP contribution in [0.1, 0.15) is 42.7 Å². The molecule has 2 heterocycles. The van der Waals surface area contributed by atoms with Gasteiger partial charge < -0.3 is 15.2 Å². The Balaban J connectivity index is -0.000000412. The molecule has 1 aliphatic rings. The molecular formula is C19H37N5O2. The highest BCUT2D eigenvalue weighted by molar-refractivity contribution is 5.80. The molecule has 0 bridgehead atoms. The summed E-state index contributed by atoms with van der Waals surface area (Å²) in [5, 5.41) is 3.01. The van der Waals surface area contributed by atoms with Crippen LogP contribution in [0.2, 0.25) is 0 Å². The number of hydrogen-bond donors (Lipinski definition) is 2. The molecule has 1 unspecified atom stereocenters. The van der Waals surface area contributed by atoms with Gasteiger partial charge in [-0.15, -0.1) is 0 Å². The number of nitrogens with one attached hydrogen (secondary N) is 2. The second-order valence-electron chi connectivity index (χ2n) is 6.13. The maximum atomic E-state index is 11.6. The number of hydrogen-bond acceptors (Lipinski definition) is 5. The van der Waals surface area contributed by atoms with Gasteiger partial charge in [-0.05, 0) is 20.4 Å². The van der Waals surface area contributed by atoms with Crippen LogP contribution in [0, 0.1) is 5.92 Å². The van der Waals surface area contributed by atoms with Crippen LogP contribution >= 0.6 is 0 Å². The summed E-state index contributed by atoms with van der Waals surface area (Å²) in [6.07, 6.45) is 9.25. The van der Waals surface area contributed by atoms with E-state index in [1.165, 1.54) is 0 Å². The summed E-state index contributed by atoms with van der Waals surface area (Å²) >= 11 is 0. The second kappa shape index (κ2) is 13.0.